The second kappa shape index (κ2) is 13.8. The van der Waals surface area contributed by atoms with Crippen LogP contribution in [0.4, 0.5) is 10.2 Å². The molecule has 1 aromatic heterocycles. The SMILES string of the molecule is CC1=NC=C(C(N)=O)C1.Cc1cc(N2CCN(CC[18F])CC2)nc(C)n1.Cc1cccc(Cl)c1. The summed E-state index contributed by atoms with van der Waals surface area (Å²) in [5.41, 5.74) is 8.74. The van der Waals surface area contributed by atoms with Gasteiger partial charge in [-0.25, -0.2) is 14.4 Å². The van der Waals surface area contributed by atoms with Crippen LogP contribution in [0.2, 0.25) is 5.02 Å². The van der Waals surface area contributed by atoms with Crippen molar-refractivity contribution in [2.75, 3.05) is 44.3 Å². The van der Waals surface area contributed by atoms with Gasteiger partial charge in [-0.2, -0.15) is 0 Å². The van der Waals surface area contributed by atoms with E-state index in [1.165, 1.54) is 11.8 Å². The van der Waals surface area contributed by atoms with Crippen LogP contribution in [0.1, 0.15) is 30.4 Å². The maximum atomic E-state index is 12.2. The normalized spacial score (nSPS) is 15.4. The van der Waals surface area contributed by atoms with E-state index in [0.29, 0.717) is 18.5 Å². The van der Waals surface area contributed by atoms with E-state index in [1.54, 1.807) is 0 Å². The minimum atomic E-state index is -0.365. The maximum absolute atomic E-state index is 12.2. The zero-order chi connectivity index (χ0) is 25.1. The second-order valence-corrected chi connectivity index (χ2v) is 8.73. The number of benzene rings is 1. The molecular weight excluding hydrogens is 454 g/mol. The molecule has 0 saturated carbocycles. The Bertz CT molecular complexity index is 981. The van der Waals surface area contributed by atoms with E-state index in [9.17, 15) is 9.18 Å². The lowest BCUT2D eigenvalue weighted by Gasteiger charge is -2.35. The number of amides is 1. The highest BCUT2D eigenvalue weighted by Gasteiger charge is 2.18. The third-order valence-corrected chi connectivity index (χ3v) is 5.47. The van der Waals surface area contributed by atoms with Crippen molar-refractivity contribution in [3.8, 4) is 0 Å². The Hall–Kier alpha value is -2.84. The molecule has 184 valence electrons. The van der Waals surface area contributed by atoms with Crippen LogP contribution in [0, 0.1) is 20.8 Å². The lowest BCUT2D eigenvalue weighted by Crippen LogP contribution is -2.47. The van der Waals surface area contributed by atoms with Gasteiger partial charge in [0.25, 0.3) is 0 Å². The number of carbonyl (C=O) groups is 1. The van der Waals surface area contributed by atoms with Crippen molar-refractivity contribution < 1.29 is 9.18 Å². The predicted octanol–water partition coefficient (Wildman–Crippen LogP) is 4.05. The molecule has 1 aromatic carbocycles. The van der Waals surface area contributed by atoms with Crippen LogP contribution in [-0.2, 0) is 4.79 Å². The molecule has 0 unspecified atom stereocenters. The highest BCUT2D eigenvalue weighted by Crippen LogP contribution is 2.15. The Morgan fingerprint density at radius 3 is 2.24 bits per heavy atom. The first-order chi connectivity index (χ1) is 16.2. The number of anilines is 1. The van der Waals surface area contributed by atoms with E-state index in [2.05, 4.69) is 24.8 Å². The molecule has 2 aliphatic rings. The van der Waals surface area contributed by atoms with Crippen molar-refractivity contribution in [2.24, 2.45) is 10.7 Å². The first-order valence-corrected chi connectivity index (χ1v) is 11.7. The van der Waals surface area contributed by atoms with Crippen molar-refractivity contribution >= 4 is 29.0 Å². The molecule has 7 nitrogen and oxygen atoms in total. The molecule has 0 bridgehead atoms. The number of aliphatic imine (C=N–C) groups is 1. The number of nitrogens with two attached hydrogens (primary N) is 1. The number of primary amides is 1. The summed E-state index contributed by atoms with van der Waals surface area (Å²) in [6.07, 6.45) is 2.15. The third-order valence-electron chi connectivity index (χ3n) is 5.23. The van der Waals surface area contributed by atoms with Gasteiger partial charge in [0, 0.05) is 73.4 Å². The Balaban J connectivity index is 0.000000201. The van der Waals surface area contributed by atoms with Gasteiger partial charge in [-0.05, 0) is 45.4 Å². The fraction of sp³-hybridized carbons (Fsp3) is 0.440. The number of rotatable bonds is 4. The zero-order valence-electron chi connectivity index (χ0n) is 20.4. The summed E-state index contributed by atoms with van der Waals surface area (Å²) in [5.74, 6) is 1.44. The van der Waals surface area contributed by atoms with E-state index in [-0.39, 0.29) is 12.6 Å². The van der Waals surface area contributed by atoms with Gasteiger partial charge in [0.15, 0.2) is 0 Å². The van der Waals surface area contributed by atoms with Crippen LogP contribution in [-0.4, -0.2) is 65.9 Å². The average Bonchev–Trinajstić information content (AvgIpc) is 3.21. The minimum Gasteiger partial charge on any atom is -0.366 e. The Morgan fingerprint density at radius 1 is 1.09 bits per heavy atom. The zero-order valence-corrected chi connectivity index (χ0v) is 21.1. The molecule has 0 aliphatic carbocycles. The number of halogens is 2. The second-order valence-electron chi connectivity index (χ2n) is 8.29. The van der Waals surface area contributed by atoms with Crippen LogP contribution < -0.4 is 10.6 Å². The van der Waals surface area contributed by atoms with Gasteiger partial charge in [0.2, 0.25) is 5.91 Å². The van der Waals surface area contributed by atoms with Crippen molar-refractivity contribution in [2.45, 2.75) is 34.1 Å². The van der Waals surface area contributed by atoms with Crippen molar-refractivity contribution in [1.29, 1.82) is 0 Å². The topological polar surface area (TPSA) is 87.7 Å². The highest BCUT2D eigenvalue weighted by atomic mass is 35.5. The minimum absolute atomic E-state index is 0.258. The molecule has 0 radical (unpaired) electrons. The number of hydrogen-bond acceptors (Lipinski definition) is 6. The Morgan fingerprint density at radius 2 is 1.79 bits per heavy atom. The Kier molecular flexibility index (Phi) is 11.1. The van der Waals surface area contributed by atoms with E-state index >= 15 is 0 Å². The summed E-state index contributed by atoms with van der Waals surface area (Å²) in [4.78, 5) is 27.4. The van der Waals surface area contributed by atoms with Gasteiger partial charge >= 0.3 is 0 Å². The molecule has 1 saturated heterocycles. The van der Waals surface area contributed by atoms with Gasteiger partial charge in [-0.15, -0.1) is 0 Å². The summed E-state index contributed by atoms with van der Waals surface area (Å²) in [6.45, 7) is 11.7. The van der Waals surface area contributed by atoms with Crippen LogP contribution >= 0.6 is 11.6 Å². The summed E-state index contributed by atoms with van der Waals surface area (Å²) in [5, 5.41) is 0.810. The molecule has 9 heteroatoms. The quantitative estimate of drug-likeness (QED) is 0.702. The summed E-state index contributed by atoms with van der Waals surface area (Å²) in [6, 6.07) is 9.78. The molecule has 2 N–H and O–H groups in total. The van der Waals surface area contributed by atoms with E-state index < -0.39 is 0 Å². The van der Waals surface area contributed by atoms with Gasteiger partial charge in [-0.1, -0.05) is 23.7 Å². The average molecular weight is 488 g/mol. The van der Waals surface area contributed by atoms with E-state index in [0.717, 1.165) is 54.2 Å². The summed E-state index contributed by atoms with van der Waals surface area (Å²) < 4.78 is 12.2. The van der Waals surface area contributed by atoms with Gasteiger partial charge in [0.05, 0.1) is 0 Å². The number of hydrogen-bond donors (Lipinski definition) is 1. The maximum Gasteiger partial charge on any atom is 0.246 e. The van der Waals surface area contributed by atoms with Crippen LogP contribution in [0.25, 0.3) is 0 Å². The number of alkyl halides is 1. The third kappa shape index (κ3) is 9.57. The van der Waals surface area contributed by atoms with Crippen molar-refractivity contribution in [3.63, 3.8) is 0 Å². The standard InChI is InChI=1S/C12H19FN4.C7H7Cl.C6H8N2O/c1-10-9-12(15-11(2)14-10)17-7-5-16(4-3-13)6-8-17;1-6-3-2-4-7(8)5-6;1-4-2-5(3-8-4)6(7)9/h9H,3-8H2,1-2H3;2-5H,1H3;3H,2H2,1H3,(H2,7,9)/i13-1;;. The van der Waals surface area contributed by atoms with E-state index in [4.69, 9.17) is 17.3 Å². The molecule has 0 spiro atoms. The number of aryl methyl sites for hydroxylation is 3. The predicted molar refractivity (Wildman–Crippen MR) is 137 cm³/mol. The molecular formula is C25H34ClFN6O. The fourth-order valence-corrected chi connectivity index (χ4v) is 3.74. The Labute approximate surface area is 206 Å². The largest absolute Gasteiger partial charge is 0.366 e. The number of carbonyl (C=O) groups excluding carboxylic acids is 1. The van der Waals surface area contributed by atoms with Crippen LogP contribution in [0.15, 0.2) is 47.1 Å². The summed E-state index contributed by atoms with van der Waals surface area (Å²) in [7, 11) is 0. The lowest BCUT2D eigenvalue weighted by atomic mass is 10.2. The lowest BCUT2D eigenvalue weighted by molar-refractivity contribution is -0.114. The van der Waals surface area contributed by atoms with Crippen LogP contribution in [0.3, 0.4) is 0 Å². The van der Waals surface area contributed by atoms with E-state index in [1.807, 2.05) is 58.0 Å². The van der Waals surface area contributed by atoms with Crippen LogP contribution in [0.5, 0.6) is 0 Å². The first-order valence-electron chi connectivity index (χ1n) is 11.3. The molecule has 2 aliphatic heterocycles. The highest BCUT2D eigenvalue weighted by molar-refractivity contribution is 6.30. The summed E-state index contributed by atoms with van der Waals surface area (Å²) >= 11 is 5.64. The molecule has 0 atom stereocenters. The van der Waals surface area contributed by atoms with Gasteiger partial charge in [0.1, 0.15) is 18.3 Å². The first kappa shape index (κ1) is 27.4. The molecule has 1 fully saturated rings. The molecule has 1 amide bonds. The van der Waals surface area contributed by atoms with Gasteiger partial charge in [-0.3, -0.25) is 14.7 Å². The molecule has 4 rings (SSSR count). The van der Waals surface area contributed by atoms with Gasteiger partial charge < -0.3 is 10.6 Å². The van der Waals surface area contributed by atoms with Crippen molar-refractivity contribution in [1.82, 2.24) is 14.9 Å². The number of aromatic nitrogens is 2. The number of piperazine rings is 1. The fourth-order valence-electron chi connectivity index (χ4n) is 3.49. The smallest absolute Gasteiger partial charge is 0.246 e. The monoisotopic (exact) mass is 487 g/mol. The molecule has 3 heterocycles. The number of nitrogens with zero attached hydrogens (tertiary/aromatic N) is 5. The van der Waals surface area contributed by atoms with Crippen molar-refractivity contribution in [3.05, 3.63) is 64.2 Å². The molecule has 2 aromatic rings. The molecule has 34 heavy (non-hydrogen) atoms.